The van der Waals surface area contributed by atoms with Crippen molar-refractivity contribution in [2.75, 3.05) is 0 Å². The third-order valence-corrected chi connectivity index (χ3v) is 3.21. The third kappa shape index (κ3) is 8.59. The number of hydrogen-bond donors (Lipinski definition) is 0. The van der Waals surface area contributed by atoms with Crippen molar-refractivity contribution in [3.8, 4) is 0 Å². The van der Waals surface area contributed by atoms with Gasteiger partial charge in [-0.1, -0.05) is 36.3 Å². The van der Waals surface area contributed by atoms with Gasteiger partial charge in [-0.05, 0) is 37.3 Å². The van der Waals surface area contributed by atoms with E-state index in [1.807, 2.05) is 6.07 Å². The molecule has 92 valence electrons. The molecule has 2 heteroatoms. The smallest absolute Gasteiger partial charge is 0.219 e. The Hall–Kier alpha value is -0.483. The summed E-state index contributed by atoms with van der Waals surface area (Å²) >= 11 is 1.77. The number of thioether (sulfide) groups is 1. The predicted octanol–water partition coefficient (Wildman–Crippen LogP) is 2.64. The van der Waals surface area contributed by atoms with Crippen LogP contribution in [-0.4, -0.2) is 0 Å². The maximum Gasteiger partial charge on any atom is 1.00 e. The zero-order chi connectivity index (χ0) is 12.5. The van der Waals surface area contributed by atoms with Gasteiger partial charge in [0.05, 0.1) is 0 Å². The van der Waals surface area contributed by atoms with Gasteiger partial charge in [0.15, 0.2) is 0 Å². The van der Waals surface area contributed by atoms with E-state index in [4.69, 9.17) is 0 Å². The van der Waals surface area contributed by atoms with Crippen molar-refractivity contribution in [2.45, 2.75) is 38.5 Å². The van der Waals surface area contributed by atoms with Gasteiger partial charge in [-0.2, -0.15) is 17.5 Å². The molecule has 0 heterocycles. The molecule has 0 saturated carbocycles. The molecule has 0 fully saturated rings. The van der Waals surface area contributed by atoms with E-state index in [9.17, 15) is 0 Å². The van der Waals surface area contributed by atoms with E-state index < -0.39 is 0 Å². The van der Waals surface area contributed by atoms with Gasteiger partial charge < -0.3 is 0 Å². The molecule has 0 N–H and O–H groups in total. The fourth-order valence-electron chi connectivity index (χ4n) is 1.40. The summed E-state index contributed by atoms with van der Waals surface area (Å²) in [5.41, 5.74) is 2.84. The molecule has 18 heavy (non-hydrogen) atoms. The molecular weight excluding hydrogens is 231 g/mol. The Bertz CT molecular complexity index is 375. The van der Waals surface area contributed by atoms with Gasteiger partial charge in [0, 0.05) is 0 Å². The topological polar surface area (TPSA) is 0 Å². The Morgan fingerprint density at radius 2 is 1.83 bits per heavy atom. The van der Waals surface area contributed by atoms with Crippen LogP contribution in [0.15, 0.2) is 58.5 Å². The molecule has 0 nitrogen and oxygen atoms in total. The third-order valence-electron chi connectivity index (χ3n) is 2.39. The van der Waals surface area contributed by atoms with Crippen LogP contribution in [0, 0.1) is 5.75 Å². The number of rotatable bonds is 6. The van der Waals surface area contributed by atoms with Crippen LogP contribution >= 0.6 is 11.8 Å². The first-order valence-corrected chi connectivity index (χ1v) is 6.90. The first-order chi connectivity index (χ1) is 8.18. The van der Waals surface area contributed by atoms with Crippen molar-refractivity contribution >= 4 is 11.8 Å². The number of allylic oxidation sites excluding steroid dienone is 3. The van der Waals surface area contributed by atoms with Gasteiger partial charge in [0.1, 0.15) is 0 Å². The molecule has 0 saturated heterocycles. The Kier molecular flexibility index (Phi) is 10.2. The average molecular weight is 252 g/mol. The Balaban J connectivity index is 0.00000289. The van der Waals surface area contributed by atoms with Crippen molar-refractivity contribution in [3.63, 3.8) is 0 Å². The Morgan fingerprint density at radius 3 is 2.44 bits per heavy atom. The van der Waals surface area contributed by atoms with Gasteiger partial charge in [0.2, 0.25) is 0 Å². The normalized spacial score (nSPS) is 10.5. The van der Waals surface area contributed by atoms with Crippen LogP contribution in [0.4, 0.5) is 0 Å². The maximum absolute atomic E-state index is 2.29. The molecule has 0 radical (unpaired) electrons. The quantitative estimate of drug-likeness (QED) is 0.325. The summed E-state index contributed by atoms with van der Waals surface area (Å²) in [5.74, 6) is 2.17. The Labute approximate surface area is 128 Å². The molecule has 0 spiro atoms. The van der Waals surface area contributed by atoms with Crippen molar-refractivity contribution in [3.05, 3.63) is 59.4 Å². The predicted molar refractivity (Wildman–Crippen MR) is 79.0 cm³/mol. The summed E-state index contributed by atoms with van der Waals surface area (Å²) in [5, 5.41) is 0. The second-order valence-electron chi connectivity index (χ2n) is 4.40. The summed E-state index contributed by atoms with van der Waals surface area (Å²) in [4.78, 5) is 1.29. The monoisotopic (exact) mass is 252 g/mol. The largest absolute Gasteiger partial charge is 1.00 e. The van der Waals surface area contributed by atoms with Crippen molar-refractivity contribution in [1.82, 2.24) is 0 Å². The molecule has 0 amide bonds. The van der Waals surface area contributed by atoms with Crippen LogP contribution in [0.3, 0.4) is 0 Å². The molecule has 0 bridgehead atoms. The zero-order valence-electron chi connectivity index (χ0n) is 11.9. The SMILES string of the molecule is CC(C)=CCC/C(C)=C\[CH-]Sc1ccccc1.[Li+]. The average Bonchev–Trinajstić information content (AvgIpc) is 2.30. The van der Waals surface area contributed by atoms with Crippen LogP contribution in [0.2, 0.25) is 0 Å². The number of benzene rings is 1. The number of hydrogen-bond acceptors (Lipinski definition) is 1. The van der Waals surface area contributed by atoms with E-state index in [-0.39, 0.29) is 18.9 Å². The zero-order valence-corrected chi connectivity index (χ0v) is 12.8. The van der Waals surface area contributed by atoms with E-state index in [1.165, 1.54) is 16.0 Å². The van der Waals surface area contributed by atoms with Crippen LogP contribution in [0.25, 0.3) is 0 Å². The van der Waals surface area contributed by atoms with E-state index >= 15 is 0 Å². The molecule has 0 aromatic heterocycles. The standard InChI is InChI=1S/C16H21S.Li/c1-14(2)8-7-9-15(3)12-13-17-16-10-5-4-6-11-16;/h4-6,8,10-13H,7,9H2,1-3H3;/q-1;+1/b15-12-;. The molecule has 0 aliphatic heterocycles. The minimum absolute atomic E-state index is 0. The Morgan fingerprint density at radius 1 is 1.17 bits per heavy atom. The fourth-order valence-corrected chi connectivity index (χ4v) is 2.17. The van der Waals surface area contributed by atoms with Gasteiger partial charge in [-0.25, -0.2) is 11.6 Å². The molecule has 0 atom stereocenters. The molecule has 1 aromatic carbocycles. The van der Waals surface area contributed by atoms with Crippen molar-refractivity contribution < 1.29 is 18.9 Å². The van der Waals surface area contributed by atoms with E-state index in [2.05, 4.69) is 62.9 Å². The van der Waals surface area contributed by atoms with Crippen LogP contribution in [0.5, 0.6) is 0 Å². The minimum Gasteiger partial charge on any atom is -0.219 e. The maximum atomic E-state index is 2.29. The fraction of sp³-hybridized carbons (Fsp3) is 0.312. The first-order valence-electron chi connectivity index (χ1n) is 6.02. The van der Waals surface area contributed by atoms with Crippen molar-refractivity contribution in [1.29, 1.82) is 0 Å². The molecule has 1 aromatic rings. The first kappa shape index (κ1) is 17.5. The van der Waals surface area contributed by atoms with Gasteiger partial charge in [-0.15, -0.1) is 6.92 Å². The minimum atomic E-state index is 0. The van der Waals surface area contributed by atoms with E-state index in [0.717, 1.165) is 12.8 Å². The van der Waals surface area contributed by atoms with Crippen LogP contribution in [-0.2, 0) is 0 Å². The second-order valence-corrected chi connectivity index (χ2v) is 5.38. The molecule has 0 aliphatic carbocycles. The van der Waals surface area contributed by atoms with Crippen LogP contribution < -0.4 is 18.9 Å². The molecule has 1 rings (SSSR count). The molecule has 0 unspecified atom stereocenters. The van der Waals surface area contributed by atoms with E-state index in [1.54, 1.807) is 11.8 Å². The van der Waals surface area contributed by atoms with Crippen molar-refractivity contribution in [2.24, 2.45) is 0 Å². The van der Waals surface area contributed by atoms with E-state index in [0.29, 0.717) is 0 Å². The van der Waals surface area contributed by atoms with Gasteiger partial charge in [0.25, 0.3) is 0 Å². The summed E-state index contributed by atoms with van der Waals surface area (Å²) in [6, 6.07) is 10.5. The summed E-state index contributed by atoms with van der Waals surface area (Å²) in [7, 11) is 0. The summed E-state index contributed by atoms with van der Waals surface area (Å²) < 4.78 is 0. The van der Waals surface area contributed by atoms with Gasteiger partial charge in [-0.3, -0.25) is 0 Å². The molecular formula is C16H21LiS. The molecule has 0 aliphatic rings. The van der Waals surface area contributed by atoms with Crippen LogP contribution in [0.1, 0.15) is 33.6 Å². The van der Waals surface area contributed by atoms with Gasteiger partial charge >= 0.3 is 18.9 Å². The second kappa shape index (κ2) is 10.4. The summed E-state index contributed by atoms with van der Waals surface area (Å²) in [6.07, 6.45) is 6.81. The summed E-state index contributed by atoms with van der Waals surface area (Å²) in [6.45, 7) is 6.49.